The average molecular weight is 275 g/mol. The number of hydrogen-bond donors (Lipinski definition) is 2. The smallest absolute Gasteiger partial charge is 0.307 e. The highest BCUT2D eigenvalue weighted by molar-refractivity contribution is 5.71. The summed E-state index contributed by atoms with van der Waals surface area (Å²) in [6, 6.07) is 8.43. The third-order valence-electron chi connectivity index (χ3n) is 4.08. The molecular formula is C17H25NO2. The molecule has 0 bridgehead atoms. The zero-order chi connectivity index (χ0) is 14.5. The monoisotopic (exact) mass is 275 g/mol. The highest BCUT2D eigenvalue weighted by Gasteiger charge is 2.30. The average Bonchev–Trinajstić information content (AvgIpc) is 2.88. The minimum Gasteiger partial charge on any atom is -0.481 e. The van der Waals surface area contributed by atoms with Gasteiger partial charge in [0.05, 0.1) is 5.92 Å². The Morgan fingerprint density at radius 1 is 1.35 bits per heavy atom. The molecule has 1 aromatic rings. The van der Waals surface area contributed by atoms with Crippen molar-refractivity contribution in [2.75, 3.05) is 13.1 Å². The zero-order valence-electron chi connectivity index (χ0n) is 12.4. The van der Waals surface area contributed by atoms with Crippen molar-refractivity contribution >= 4 is 5.97 Å². The predicted molar refractivity (Wildman–Crippen MR) is 80.8 cm³/mol. The SMILES string of the molecule is CC(C)Cc1cccc(C[C@H](C(=O)O)[C@H]2CCNC2)c1. The van der Waals surface area contributed by atoms with Crippen LogP contribution in [0.5, 0.6) is 0 Å². The van der Waals surface area contributed by atoms with E-state index in [9.17, 15) is 9.90 Å². The van der Waals surface area contributed by atoms with Crippen LogP contribution in [0.2, 0.25) is 0 Å². The van der Waals surface area contributed by atoms with E-state index in [4.69, 9.17) is 0 Å². The number of rotatable bonds is 6. The molecule has 3 heteroatoms. The molecule has 2 rings (SSSR count). The predicted octanol–water partition coefficient (Wildman–Crippen LogP) is 2.74. The Morgan fingerprint density at radius 3 is 2.60 bits per heavy atom. The first-order valence-electron chi connectivity index (χ1n) is 7.57. The van der Waals surface area contributed by atoms with E-state index >= 15 is 0 Å². The number of aliphatic carboxylic acids is 1. The van der Waals surface area contributed by atoms with Gasteiger partial charge in [-0.15, -0.1) is 0 Å². The summed E-state index contributed by atoms with van der Waals surface area (Å²) in [7, 11) is 0. The molecule has 1 fully saturated rings. The Kier molecular flexibility index (Phi) is 5.18. The quantitative estimate of drug-likeness (QED) is 0.839. The van der Waals surface area contributed by atoms with Crippen LogP contribution in [0.15, 0.2) is 24.3 Å². The summed E-state index contributed by atoms with van der Waals surface area (Å²) in [5.74, 6) is -0.0342. The van der Waals surface area contributed by atoms with E-state index in [0.717, 1.165) is 31.5 Å². The minimum atomic E-state index is -0.659. The molecule has 1 aliphatic heterocycles. The second-order valence-corrected chi connectivity index (χ2v) is 6.32. The first-order chi connectivity index (χ1) is 9.56. The van der Waals surface area contributed by atoms with Gasteiger partial charge in [-0.05, 0) is 55.3 Å². The van der Waals surface area contributed by atoms with Crippen LogP contribution in [0.1, 0.15) is 31.4 Å². The molecule has 0 spiro atoms. The second kappa shape index (κ2) is 6.89. The lowest BCUT2D eigenvalue weighted by Crippen LogP contribution is -2.27. The van der Waals surface area contributed by atoms with E-state index in [1.54, 1.807) is 0 Å². The van der Waals surface area contributed by atoms with Crippen LogP contribution >= 0.6 is 0 Å². The maximum atomic E-state index is 11.5. The molecule has 1 heterocycles. The standard InChI is InChI=1S/C17H25NO2/c1-12(2)8-13-4-3-5-14(9-13)10-16(17(19)20)15-6-7-18-11-15/h3-5,9,12,15-16,18H,6-8,10-11H2,1-2H3,(H,19,20)/t15-,16-/m0/s1. The van der Waals surface area contributed by atoms with Crippen molar-refractivity contribution in [1.82, 2.24) is 5.32 Å². The maximum absolute atomic E-state index is 11.5. The molecule has 0 radical (unpaired) electrons. The van der Waals surface area contributed by atoms with Crippen molar-refractivity contribution < 1.29 is 9.90 Å². The first-order valence-corrected chi connectivity index (χ1v) is 7.57. The third kappa shape index (κ3) is 4.07. The lowest BCUT2D eigenvalue weighted by Gasteiger charge is -2.19. The number of carboxylic acid groups (broad SMARTS) is 1. The van der Waals surface area contributed by atoms with E-state index in [-0.39, 0.29) is 11.8 Å². The van der Waals surface area contributed by atoms with Crippen LogP contribution in [-0.2, 0) is 17.6 Å². The van der Waals surface area contributed by atoms with E-state index < -0.39 is 5.97 Å². The van der Waals surface area contributed by atoms with Crippen LogP contribution in [0.3, 0.4) is 0 Å². The first kappa shape index (κ1) is 15.0. The van der Waals surface area contributed by atoms with E-state index in [2.05, 4.69) is 43.4 Å². The molecule has 3 nitrogen and oxygen atoms in total. The number of carbonyl (C=O) groups is 1. The summed E-state index contributed by atoms with van der Waals surface area (Å²) in [4.78, 5) is 11.5. The number of carboxylic acids is 1. The van der Waals surface area contributed by atoms with Crippen molar-refractivity contribution in [3.8, 4) is 0 Å². The molecule has 1 aromatic carbocycles. The minimum absolute atomic E-state index is 0.265. The molecule has 110 valence electrons. The van der Waals surface area contributed by atoms with Gasteiger partial charge in [-0.3, -0.25) is 4.79 Å². The Hall–Kier alpha value is -1.35. The van der Waals surface area contributed by atoms with Crippen molar-refractivity contribution in [3.05, 3.63) is 35.4 Å². The fourth-order valence-corrected chi connectivity index (χ4v) is 3.08. The number of hydrogen-bond acceptors (Lipinski definition) is 2. The van der Waals surface area contributed by atoms with Gasteiger partial charge in [0.1, 0.15) is 0 Å². The van der Waals surface area contributed by atoms with Gasteiger partial charge in [-0.2, -0.15) is 0 Å². The third-order valence-corrected chi connectivity index (χ3v) is 4.08. The summed E-state index contributed by atoms with van der Waals surface area (Å²) >= 11 is 0. The van der Waals surface area contributed by atoms with Gasteiger partial charge >= 0.3 is 5.97 Å². The number of nitrogens with one attached hydrogen (secondary N) is 1. The van der Waals surface area contributed by atoms with Crippen LogP contribution in [0.25, 0.3) is 0 Å². The zero-order valence-corrected chi connectivity index (χ0v) is 12.4. The van der Waals surface area contributed by atoms with Gasteiger partial charge in [0.2, 0.25) is 0 Å². The van der Waals surface area contributed by atoms with Gasteiger partial charge in [0, 0.05) is 0 Å². The Morgan fingerprint density at radius 2 is 2.05 bits per heavy atom. The van der Waals surface area contributed by atoms with Crippen LogP contribution < -0.4 is 5.32 Å². The topological polar surface area (TPSA) is 49.3 Å². The molecular weight excluding hydrogens is 250 g/mol. The van der Waals surface area contributed by atoms with E-state index in [1.165, 1.54) is 5.56 Å². The molecule has 0 saturated carbocycles. The Balaban J connectivity index is 2.07. The molecule has 0 aromatic heterocycles. The summed E-state index contributed by atoms with van der Waals surface area (Å²) < 4.78 is 0. The van der Waals surface area contributed by atoms with Crippen molar-refractivity contribution in [1.29, 1.82) is 0 Å². The maximum Gasteiger partial charge on any atom is 0.307 e. The molecule has 0 amide bonds. The normalized spacial score (nSPS) is 20.2. The fourth-order valence-electron chi connectivity index (χ4n) is 3.08. The number of benzene rings is 1. The molecule has 0 aliphatic carbocycles. The summed E-state index contributed by atoms with van der Waals surface area (Å²) in [5.41, 5.74) is 2.47. The fraction of sp³-hybridized carbons (Fsp3) is 0.588. The summed E-state index contributed by atoms with van der Waals surface area (Å²) in [5, 5.41) is 12.7. The van der Waals surface area contributed by atoms with Crippen LogP contribution in [0, 0.1) is 17.8 Å². The highest BCUT2D eigenvalue weighted by atomic mass is 16.4. The Labute approximate surface area is 121 Å². The molecule has 2 atom stereocenters. The lowest BCUT2D eigenvalue weighted by molar-refractivity contribution is -0.143. The van der Waals surface area contributed by atoms with Gasteiger partial charge in [-0.25, -0.2) is 0 Å². The molecule has 2 N–H and O–H groups in total. The molecule has 0 unspecified atom stereocenters. The summed E-state index contributed by atoms with van der Waals surface area (Å²) in [6.45, 7) is 6.19. The van der Waals surface area contributed by atoms with E-state index in [0.29, 0.717) is 12.3 Å². The largest absolute Gasteiger partial charge is 0.481 e. The van der Waals surface area contributed by atoms with E-state index in [1.807, 2.05) is 0 Å². The Bertz CT molecular complexity index is 450. The second-order valence-electron chi connectivity index (χ2n) is 6.32. The van der Waals surface area contributed by atoms with Crippen LogP contribution in [-0.4, -0.2) is 24.2 Å². The lowest BCUT2D eigenvalue weighted by atomic mass is 9.85. The molecule has 20 heavy (non-hydrogen) atoms. The van der Waals surface area contributed by atoms with Gasteiger partial charge < -0.3 is 10.4 Å². The van der Waals surface area contributed by atoms with Gasteiger partial charge in [-0.1, -0.05) is 38.1 Å². The van der Waals surface area contributed by atoms with Crippen LogP contribution in [0.4, 0.5) is 0 Å². The summed E-state index contributed by atoms with van der Waals surface area (Å²) in [6.07, 6.45) is 2.67. The van der Waals surface area contributed by atoms with Gasteiger partial charge in [0.15, 0.2) is 0 Å². The highest BCUT2D eigenvalue weighted by Crippen LogP contribution is 2.24. The van der Waals surface area contributed by atoms with Crippen molar-refractivity contribution in [2.24, 2.45) is 17.8 Å². The van der Waals surface area contributed by atoms with Crippen molar-refractivity contribution in [3.63, 3.8) is 0 Å². The van der Waals surface area contributed by atoms with Crippen molar-refractivity contribution in [2.45, 2.75) is 33.1 Å². The molecule has 1 aliphatic rings. The van der Waals surface area contributed by atoms with Gasteiger partial charge in [0.25, 0.3) is 0 Å². The molecule has 1 saturated heterocycles.